The van der Waals surface area contributed by atoms with E-state index in [1.807, 2.05) is 6.07 Å². The van der Waals surface area contributed by atoms with E-state index in [0.29, 0.717) is 11.3 Å². The molecule has 170 valence electrons. The summed E-state index contributed by atoms with van der Waals surface area (Å²) in [6.07, 6.45) is 1.31. The zero-order chi connectivity index (χ0) is 24.5. The fourth-order valence-corrected chi connectivity index (χ4v) is 3.04. The molecule has 3 aromatic rings. The summed E-state index contributed by atoms with van der Waals surface area (Å²) in [5.74, 6) is -0.852. The molecular formula is C24H17ClN4O5. The van der Waals surface area contributed by atoms with E-state index >= 15 is 0 Å². The Morgan fingerprint density at radius 1 is 1.03 bits per heavy atom. The van der Waals surface area contributed by atoms with Gasteiger partial charge in [-0.25, -0.2) is 0 Å². The molecule has 3 rings (SSSR count). The molecule has 0 saturated heterocycles. The standard InChI is InChI=1S/C24H17ClN4O5/c25-21-12-16(9-10-22(21)34-15-23(30)27-18-5-2-1-3-6-18)11-17(14-26)24(31)28-19-7-4-8-20(13-19)29(32)33/h1-13H,15H2,(H,27,30)(H,28,31)/b17-11+. The van der Waals surface area contributed by atoms with Gasteiger partial charge in [0.05, 0.1) is 9.95 Å². The highest BCUT2D eigenvalue weighted by molar-refractivity contribution is 6.32. The van der Waals surface area contributed by atoms with Gasteiger partial charge >= 0.3 is 0 Å². The Morgan fingerprint density at radius 3 is 2.44 bits per heavy atom. The molecule has 0 bridgehead atoms. The van der Waals surface area contributed by atoms with Crippen molar-refractivity contribution in [3.05, 3.63) is 99.1 Å². The van der Waals surface area contributed by atoms with Crippen LogP contribution in [0.2, 0.25) is 5.02 Å². The summed E-state index contributed by atoms with van der Waals surface area (Å²) in [4.78, 5) is 34.8. The molecule has 0 aliphatic rings. The molecule has 34 heavy (non-hydrogen) atoms. The summed E-state index contributed by atoms with van der Waals surface area (Å²) in [6, 6.07) is 20.6. The average Bonchev–Trinajstić information content (AvgIpc) is 2.82. The maximum Gasteiger partial charge on any atom is 0.271 e. The van der Waals surface area contributed by atoms with Gasteiger partial charge < -0.3 is 15.4 Å². The Hall–Kier alpha value is -4.68. The number of rotatable bonds is 8. The van der Waals surface area contributed by atoms with E-state index in [9.17, 15) is 25.0 Å². The lowest BCUT2D eigenvalue weighted by Gasteiger charge is -2.09. The summed E-state index contributed by atoms with van der Waals surface area (Å²) < 4.78 is 5.45. The second-order valence-electron chi connectivity index (χ2n) is 6.82. The quantitative estimate of drug-likeness (QED) is 0.207. The van der Waals surface area contributed by atoms with Crippen LogP contribution >= 0.6 is 11.6 Å². The van der Waals surface area contributed by atoms with Crippen LogP contribution in [0.25, 0.3) is 6.08 Å². The normalized spacial score (nSPS) is 10.6. The summed E-state index contributed by atoms with van der Waals surface area (Å²) in [5, 5.41) is 25.6. The predicted octanol–water partition coefficient (Wildman–Crippen LogP) is 4.81. The van der Waals surface area contributed by atoms with Crippen molar-refractivity contribution >= 4 is 46.6 Å². The molecule has 2 amide bonds. The zero-order valence-corrected chi connectivity index (χ0v) is 18.3. The number of benzene rings is 3. The van der Waals surface area contributed by atoms with Crippen molar-refractivity contribution in [2.45, 2.75) is 0 Å². The molecule has 9 nitrogen and oxygen atoms in total. The molecule has 2 N–H and O–H groups in total. The molecule has 0 unspecified atom stereocenters. The predicted molar refractivity (Wildman–Crippen MR) is 127 cm³/mol. The van der Waals surface area contributed by atoms with Crippen molar-refractivity contribution in [1.82, 2.24) is 0 Å². The molecule has 0 aromatic heterocycles. The number of nitro benzene ring substituents is 1. The molecule has 0 heterocycles. The molecule has 0 saturated carbocycles. The maximum atomic E-state index is 12.4. The van der Waals surface area contributed by atoms with Crippen LogP contribution in [-0.4, -0.2) is 23.3 Å². The third-order valence-electron chi connectivity index (χ3n) is 4.36. The van der Waals surface area contributed by atoms with Crippen molar-refractivity contribution < 1.29 is 19.2 Å². The van der Waals surface area contributed by atoms with Gasteiger partial charge in [-0.05, 0) is 42.0 Å². The molecule has 0 fully saturated rings. The number of nitriles is 1. The van der Waals surface area contributed by atoms with E-state index in [1.54, 1.807) is 36.4 Å². The molecule has 0 spiro atoms. The first-order valence-electron chi connectivity index (χ1n) is 9.80. The minimum atomic E-state index is -0.739. The van der Waals surface area contributed by atoms with Crippen LogP contribution in [0.5, 0.6) is 5.75 Å². The lowest BCUT2D eigenvalue weighted by molar-refractivity contribution is -0.384. The Kier molecular flexibility index (Phi) is 7.94. The topological polar surface area (TPSA) is 134 Å². The van der Waals surface area contributed by atoms with Gasteiger partial charge in [0, 0.05) is 23.5 Å². The summed E-state index contributed by atoms with van der Waals surface area (Å²) in [7, 11) is 0. The van der Waals surface area contributed by atoms with Crippen LogP contribution in [0.1, 0.15) is 5.56 Å². The number of para-hydroxylation sites is 1. The molecular weight excluding hydrogens is 460 g/mol. The summed E-state index contributed by atoms with van der Waals surface area (Å²) in [5.41, 5.74) is 0.821. The van der Waals surface area contributed by atoms with Crippen LogP contribution in [-0.2, 0) is 9.59 Å². The van der Waals surface area contributed by atoms with Crippen molar-refractivity contribution in [1.29, 1.82) is 5.26 Å². The van der Waals surface area contributed by atoms with E-state index in [1.165, 1.54) is 42.5 Å². The number of hydrogen-bond donors (Lipinski definition) is 2. The number of amides is 2. The second kappa shape index (κ2) is 11.3. The molecule has 0 aliphatic heterocycles. The van der Waals surface area contributed by atoms with E-state index in [4.69, 9.17) is 16.3 Å². The molecule has 0 radical (unpaired) electrons. The van der Waals surface area contributed by atoms with Crippen LogP contribution in [0, 0.1) is 21.4 Å². The van der Waals surface area contributed by atoms with Crippen molar-refractivity contribution in [3.63, 3.8) is 0 Å². The third kappa shape index (κ3) is 6.66. The van der Waals surface area contributed by atoms with Gasteiger partial charge in [-0.3, -0.25) is 19.7 Å². The van der Waals surface area contributed by atoms with E-state index in [0.717, 1.165) is 0 Å². The number of ether oxygens (including phenoxy) is 1. The van der Waals surface area contributed by atoms with Crippen LogP contribution in [0.15, 0.2) is 78.4 Å². The van der Waals surface area contributed by atoms with Gasteiger partial charge in [0.2, 0.25) is 0 Å². The van der Waals surface area contributed by atoms with Crippen molar-refractivity contribution in [3.8, 4) is 11.8 Å². The van der Waals surface area contributed by atoms with E-state index in [2.05, 4.69) is 10.6 Å². The Bertz CT molecular complexity index is 1300. The van der Waals surface area contributed by atoms with Crippen LogP contribution < -0.4 is 15.4 Å². The highest BCUT2D eigenvalue weighted by Crippen LogP contribution is 2.27. The first-order chi connectivity index (χ1) is 16.4. The number of nitrogens with one attached hydrogen (secondary N) is 2. The van der Waals surface area contributed by atoms with Gasteiger partial charge in [-0.2, -0.15) is 5.26 Å². The fourth-order valence-electron chi connectivity index (χ4n) is 2.80. The van der Waals surface area contributed by atoms with Gasteiger partial charge in [0.15, 0.2) is 6.61 Å². The van der Waals surface area contributed by atoms with Crippen molar-refractivity contribution in [2.24, 2.45) is 0 Å². The lowest BCUT2D eigenvalue weighted by Crippen LogP contribution is -2.20. The lowest BCUT2D eigenvalue weighted by atomic mass is 10.1. The smallest absolute Gasteiger partial charge is 0.271 e. The van der Waals surface area contributed by atoms with Crippen molar-refractivity contribution in [2.75, 3.05) is 17.2 Å². The minimum absolute atomic E-state index is 0.177. The maximum absolute atomic E-state index is 12.4. The monoisotopic (exact) mass is 476 g/mol. The highest BCUT2D eigenvalue weighted by Gasteiger charge is 2.13. The van der Waals surface area contributed by atoms with Gasteiger partial charge in [-0.15, -0.1) is 0 Å². The zero-order valence-electron chi connectivity index (χ0n) is 17.5. The summed E-state index contributed by atoms with van der Waals surface area (Å²) in [6.45, 7) is -0.265. The number of halogens is 1. The van der Waals surface area contributed by atoms with E-state index in [-0.39, 0.29) is 40.2 Å². The van der Waals surface area contributed by atoms with E-state index < -0.39 is 10.8 Å². The van der Waals surface area contributed by atoms with Crippen LogP contribution in [0.4, 0.5) is 17.1 Å². The Labute approximate surface area is 199 Å². The van der Waals surface area contributed by atoms with Gasteiger partial charge in [-0.1, -0.05) is 41.9 Å². The number of nitro groups is 1. The third-order valence-corrected chi connectivity index (χ3v) is 4.66. The second-order valence-corrected chi connectivity index (χ2v) is 7.23. The SMILES string of the molecule is N#C/C(=C\c1ccc(OCC(=O)Nc2ccccc2)c(Cl)c1)C(=O)Nc1cccc([N+](=O)[O-])c1. The van der Waals surface area contributed by atoms with Gasteiger partial charge in [0.25, 0.3) is 17.5 Å². The minimum Gasteiger partial charge on any atom is -0.482 e. The molecule has 10 heteroatoms. The number of nitrogens with zero attached hydrogens (tertiary/aromatic N) is 2. The number of carbonyl (C=O) groups is 2. The number of carbonyl (C=O) groups excluding carboxylic acids is 2. The van der Waals surface area contributed by atoms with Crippen LogP contribution in [0.3, 0.4) is 0 Å². The first-order valence-corrected chi connectivity index (χ1v) is 10.2. The Balaban J connectivity index is 1.65. The first kappa shape index (κ1) is 24.0. The van der Waals surface area contributed by atoms with Gasteiger partial charge in [0.1, 0.15) is 17.4 Å². The Morgan fingerprint density at radius 2 is 1.76 bits per heavy atom. The average molecular weight is 477 g/mol. The number of non-ortho nitro benzene ring substituents is 1. The number of anilines is 2. The summed E-state index contributed by atoms with van der Waals surface area (Å²) >= 11 is 6.22. The molecule has 0 aliphatic carbocycles. The largest absolute Gasteiger partial charge is 0.482 e. The number of hydrogen-bond acceptors (Lipinski definition) is 6. The molecule has 0 atom stereocenters. The molecule has 3 aromatic carbocycles. The fraction of sp³-hybridized carbons (Fsp3) is 0.0417. The highest BCUT2D eigenvalue weighted by atomic mass is 35.5.